The molecular formula is C18H25ClO4. The third kappa shape index (κ3) is 3.28. The van der Waals surface area contributed by atoms with Gasteiger partial charge in [-0.25, -0.2) is 0 Å². The molecule has 5 atom stereocenters. The third-order valence-electron chi connectivity index (χ3n) is 4.83. The van der Waals surface area contributed by atoms with Crippen molar-refractivity contribution in [1.82, 2.24) is 0 Å². The summed E-state index contributed by atoms with van der Waals surface area (Å²) in [6.45, 7) is 8.65. The Kier molecular flexibility index (Phi) is 5.00. The molecule has 2 heterocycles. The lowest BCUT2D eigenvalue weighted by Crippen LogP contribution is -2.39. The van der Waals surface area contributed by atoms with Crippen LogP contribution < -0.4 is 0 Å². The smallest absolute Gasteiger partial charge is 0.190 e. The fraction of sp³-hybridized carbons (Fsp3) is 0.667. The van der Waals surface area contributed by atoms with Crippen LogP contribution in [0.2, 0.25) is 5.02 Å². The highest BCUT2D eigenvalue weighted by Crippen LogP contribution is 2.43. The van der Waals surface area contributed by atoms with Crippen LogP contribution in [0.4, 0.5) is 0 Å². The first-order valence-corrected chi connectivity index (χ1v) is 8.68. The Morgan fingerprint density at radius 3 is 2.65 bits per heavy atom. The summed E-state index contributed by atoms with van der Waals surface area (Å²) in [5, 5.41) is 0.714. The second kappa shape index (κ2) is 6.69. The molecule has 2 saturated heterocycles. The molecule has 2 aliphatic rings. The topological polar surface area (TPSA) is 36.9 Å². The Morgan fingerprint density at radius 1 is 1.26 bits per heavy atom. The zero-order chi connectivity index (χ0) is 16.6. The average molecular weight is 341 g/mol. The molecular weight excluding hydrogens is 316 g/mol. The largest absolute Gasteiger partial charge is 0.368 e. The molecule has 0 radical (unpaired) electrons. The van der Waals surface area contributed by atoms with Crippen LogP contribution in [0.15, 0.2) is 24.3 Å². The summed E-state index contributed by atoms with van der Waals surface area (Å²) in [4.78, 5) is 0. The molecule has 23 heavy (non-hydrogen) atoms. The van der Waals surface area contributed by atoms with Crippen molar-refractivity contribution < 1.29 is 18.9 Å². The second-order valence-corrected chi connectivity index (χ2v) is 7.10. The van der Waals surface area contributed by atoms with E-state index < -0.39 is 5.79 Å². The Bertz CT molecular complexity index is 550. The Balaban J connectivity index is 1.71. The molecule has 2 fully saturated rings. The van der Waals surface area contributed by atoms with E-state index in [0.717, 1.165) is 12.0 Å². The van der Waals surface area contributed by atoms with Crippen LogP contribution in [0.5, 0.6) is 0 Å². The fourth-order valence-corrected chi connectivity index (χ4v) is 3.23. The first kappa shape index (κ1) is 17.2. The van der Waals surface area contributed by atoms with Crippen molar-refractivity contribution in [2.45, 2.75) is 71.1 Å². The van der Waals surface area contributed by atoms with Crippen molar-refractivity contribution in [2.24, 2.45) is 5.92 Å². The molecule has 0 aliphatic carbocycles. The number of hydrogen-bond acceptors (Lipinski definition) is 4. The third-order valence-corrected chi connectivity index (χ3v) is 5.20. The summed E-state index contributed by atoms with van der Waals surface area (Å²) < 4.78 is 24.4. The highest BCUT2D eigenvalue weighted by molar-refractivity contribution is 6.31. The molecule has 5 heteroatoms. The molecule has 0 bridgehead atoms. The van der Waals surface area contributed by atoms with E-state index in [0.29, 0.717) is 11.6 Å². The van der Waals surface area contributed by atoms with E-state index in [2.05, 4.69) is 20.8 Å². The van der Waals surface area contributed by atoms with Gasteiger partial charge in [-0.15, -0.1) is 0 Å². The van der Waals surface area contributed by atoms with Gasteiger partial charge in [0.1, 0.15) is 12.2 Å². The first-order chi connectivity index (χ1) is 10.9. The molecule has 128 valence electrons. The number of hydrogen-bond donors (Lipinski definition) is 0. The van der Waals surface area contributed by atoms with Gasteiger partial charge in [-0.05, 0) is 25.0 Å². The molecule has 0 N–H and O–H groups in total. The normalized spacial score (nSPS) is 36.6. The van der Waals surface area contributed by atoms with E-state index in [1.807, 2.05) is 31.2 Å². The van der Waals surface area contributed by atoms with E-state index in [9.17, 15) is 0 Å². The van der Waals surface area contributed by atoms with Gasteiger partial charge in [0.2, 0.25) is 0 Å². The second-order valence-electron chi connectivity index (χ2n) is 6.69. The van der Waals surface area contributed by atoms with Crippen molar-refractivity contribution in [2.75, 3.05) is 0 Å². The summed E-state index contributed by atoms with van der Waals surface area (Å²) in [7, 11) is 0. The van der Waals surface area contributed by atoms with Gasteiger partial charge < -0.3 is 18.9 Å². The predicted molar refractivity (Wildman–Crippen MR) is 88.2 cm³/mol. The molecule has 1 aromatic rings. The van der Waals surface area contributed by atoms with Gasteiger partial charge in [-0.2, -0.15) is 0 Å². The quantitative estimate of drug-likeness (QED) is 0.807. The SMILES string of the molecule is CC[C@H]1O[C@@H]2OC(C)(C(C)C)O[C@@H]2[C@H]1OCc1ccccc1Cl. The molecule has 0 saturated carbocycles. The van der Waals surface area contributed by atoms with Crippen molar-refractivity contribution >= 4 is 11.6 Å². The minimum absolute atomic E-state index is 0.0239. The predicted octanol–water partition coefficient (Wildman–Crippen LogP) is 4.15. The maximum atomic E-state index is 6.21. The highest BCUT2D eigenvalue weighted by atomic mass is 35.5. The number of halogens is 1. The number of ether oxygens (including phenoxy) is 4. The molecule has 2 aliphatic heterocycles. The summed E-state index contributed by atoms with van der Waals surface area (Å²) in [6, 6.07) is 7.72. The van der Waals surface area contributed by atoms with Crippen LogP contribution in [-0.4, -0.2) is 30.4 Å². The monoisotopic (exact) mass is 340 g/mol. The number of benzene rings is 1. The van der Waals surface area contributed by atoms with Gasteiger partial charge in [0, 0.05) is 10.9 Å². The Labute approximate surface area is 143 Å². The van der Waals surface area contributed by atoms with E-state index in [1.54, 1.807) is 0 Å². The van der Waals surface area contributed by atoms with Crippen molar-refractivity contribution in [1.29, 1.82) is 0 Å². The minimum Gasteiger partial charge on any atom is -0.368 e. The van der Waals surface area contributed by atoms with Crippen LogP contribution in [-0.2, 0) is 25.6 Å². The lowest BCUT2D eigenvalue weighted by atomic mass is 10.1. The standard InChI is InChI=1S/C18H25ClO4/c1-5-14-15(20-10-12-8-6-7-9-13(12)19)16-17(21-14)23-18(4,22-16)11(2)3/h6-9,11,14-17H,5,10H2,1-4H3/t14-,15+,16-,17-,18?/m1/s1. The van der Waals surface area contributed by atoms with Crippen LogP contribution in [0.25, 0.3) is 0 Å². The van der Waals surface area contributed by atoms with Crippen LogP contribution in [0.3, 0.4) is 0 Å². The average Bonchev–Trinajstić information content (AvgIpc) is 3.00. The van der Waals surface area contributed by atoms with Gasteiger partial charge in [0.05, 0.1) is 12.7 Å². The first-order valence-electron chi connectivity index (χ1n) is 8.30. The van der Waals surface area contributed by atoms with Crippen LogP contribution in [0, 0.1) is 5.92 Å². The Morgan fingerprint density at radius 2 is 2.00 bits per heavy atom. The molecule has 3 rings (SSSR count). The zero-order valence-electron chi connectivity index (χ0n) is 14.1. The highest BCUT2D eigenvalue weighted by Gasteiger charge is 2.57. The summed E-state index contributed by atoms with van der Waals surface area (Å²) in [6.07, 6.45) is 0.121. The van der Waals surface area contributed by atoms with E-state index in [1.165, 1.54) is 0 Å². The van der Waals surface area contributed by atoms with E-state index >= 15 is 0 Å². The van der Waals surface area contributed by atoms with Gasteiger partial charge in [-0.3, -0.25) is 0 Å². The summed E-state index contributed by atoms with van der Waals surface area (Å²) >= 11 is 6.21. The van der Waals surface area contributed by atoms with Gasteiger partial charge >= 0.3 is 0 Å². The lowest BCUT2D eigenvalue weighted by molar-refractivity contribution is -0.247. The van der Waals surface area contributed by atoms with Crippen LogP contribution in [0.1, 0.15) is 39.7 Å². The molecule has 0 amide bonds. The van der Waals surface area contributed by atoms with Crippen molar-refractivity contribution in [3.8, 4) is 0 Å². The van der Waals surface area contributed by atoms with E-state index in [4.69, 9.17) is 30.5 Å². The minimum atomic E-state index is -0.625. The van der Waals surface area contributed by atoms with Gasteiger partial charge in [0.15, 0.2) is 12.1 Å². The molecule has 0 aromatic heterocycles. The van der Waals surface area contributed by atoms with E-state index in [-0.39, 0.29) is 30.5 Å². The summed E-state index contributed by atoms with van der Waals surface area (Å²) in [5.74, 6) is -0.388. The lowest BCUT2D eigenvalue weighted by Gasteiger charge is -2.31. The van der Waals surface area contributed by atoms with Gasteiger partial charge in [-0.1, -0.05) is 50.6 Å². The number of rotatable bonds is 5. The van der Waals surface area contributed by atoms with Gasteiger partial charge in [0.25, 0.3) is 0 Å². The molecule has 1 aromatic carbocycles. The fourth-order valence-electron chi connectivity index (χ4n) is 3.04. The molecule has 0 spiro atoms. The number of fused-ring (bicyclic) bond motifs is 1. The van der Waals surface area contributed by atoms with Crippen molar-refractivity contribution in [3.05, 3.63) is 34.9 Å². The molecule has 1 unspecified atom stereocenters. The molecule has 4 nitrogen and oxygen atoms in total. The summed E-state index contributed by atoms with van der Waals surface area (Å²) in [5.41, 5.74) is 0.970. The van der Waals surface area contributed by atoms with Crippen molar-refractivity contribution in [3.63, 3.8) is 0 Å². The maximum Gasteiger partial charge on any atom is 0.190 e. The Hall–Kier alpha value is -0.650. The zero-order valence-corrected chi connectivity index (χ0v) is 14.9. The van der Waals surface area contributed by atoms with Crippen LogP contribution >= 0.6 is 11.6 Å². The maximum absolute atomic E-state index is 6.21.